The minimum atomic E-state index is -0.0304. The molecule has 22 heavy (non-hydrogen) atoms. The second-order valence-corrected chi connectivity index (χ2v) is 6.46. The summed E-state index contributed by atoms with van der Waals surface area (Å²) in [7, 11) is 0. The zero-order chi connectivity index (χ0) is 15.7. The number of hydrogen-bond acceptors (Lipinski definition) is 5. The van der Waals surface area contributed by atoms with E-state index in [0.29, 0.717) is 30.0 Å². The molecule has 1 aliphatic rings. The van der Waals surface area contributed by atoms with E-state index in [9.17, 15) is 14.9 Å². The van der Waals surface area contributed by atoms with Crippen LogP contribution in [0.15, 0.2) is 28.7 Å². The zero-order valence-electron chi connectivity index (χ0n) is 12.0. The Hall–Kier alpha value is -2.26. The minimum absolute atomic E-state index is 0.0304. The summed E-state index contributed by atoms with van der Waals surface area (Å²) in [5.41, 5.74) is 1.15. The van der Waals surface area contributed by atoms with Gasteiger partial charge in [-0.15, -0.1) is 0 Å². The molecule has 0 bridgehead atoms. The monoisotopic (exact) mass is 314 g/mol. The molecule has 1 saturated heterocycles. The van der Waals surface area contributed by atoms with Gasteiger partial charge < -0.3 is 9.32 Å². The number of furan rings is 1. The first-order valence-corrected chi connectivity index (χ1v) is 7.94. The number of nitrogens with zero attached hydrogens (tertiary/aromatic N) is 2. The van der Waals surface area contributed by atoms with Crippen molar-refractivity contribution in [2.75, 3.05) is 17.2 Å². The summed E-state index contributed by atoms with van der Waals surface area (Å²) < 4.78 is 5.53. The van der Waals surface area contributed by atoms with Crippen molar-refractivity contribution in [3.05, 3.63) is 30.0 Å². The highest BCUT2D eigenvalue weighted by Gasteiger charge is 2.34. The predicted octanol–water partition coefficient (Wildman–Crippen LogP) is 2.94. The predicted molar refractivity (Wildman–Crippen MR) is 84.5 cm³/mol. The fraction of sp³-hybridized carbons (Fsp3) is 0.312. The molecule has 1 aliphatic heterocycles. The Balaban J connectivity index is 1.93. The number of fused-ring (bicyclic) bond motifs is 1. The largest absolute Gasteiger partial charge is 0.443 e. The SMILES string of the molecule is CC(=O)SCC1CC(=O)N(c2c(C#N)oc3ccccc23)C1. The summed E-state index contributed by atoms with van der Waals surface area (Å²) in [6.45, 7) is 2.04. The molecule has 0 saturated carbocycles. The van der Waals surface area contributed by atoms with Gasteiger partial charge in [0.25, 0.3) is 0 Å². The van der Waals surface area contributed by atoms with E-state index in [1.807, 2.05) is 24.3 Å². The Kier molecular flexibility index (Phi) is 3.90. The number of thioether (sulfide) groups is 1. The van der Waals surface area contributed by atoms with Gasteiger partial charge in [-0.05, 0) is 18.1 Å². The van der Waals surface area contributed by atoms with E-state index in [1.54, 1.807) is 11.0 Å². The maximum absolute atomic E-state index is 12.3. The lowest BCUT2D eigenvalue weighted by Crippen LogP contribution is -2.25. The lowest BCUT2D eigenvalue weighted by molar-refractivity contribution is -0.117. The van der Waals surface area contributed by atoms with Crippen molar-refractivity contribution in [1.82, 2.24) is 0 Å². The third-order valence-electron chi connectivity index (χ3n) is 3.67. The molecular weight excluding hydrogens is 300 g/mol. The number of amides is 1. The molecule has 0 radical (unpaired) electrons. The van der Waals surface area contributed by atoms with Gasteiger partial charge in [0.1, 0.15) is 17.3 Å². The van der Waals surface area contributed by atoms with Gasteiger partial charge in [0.2, 0.25) is 11.7 Å². The number of hydrogen-bond donors (Lipinski definition) is 0. The lowest BCUT2D eigenvalue weighted by atomic mass is 10.1. The highest BCUT2D eigenvalue weighted by atomic mass is 32.2. The number of carbonyl (C=O) groups excluding carboxylic acids is 2. The molecule has 1 aromatic carbocycles. The van der Waals surface area contributed by atoms with Gasteiger partial charge in [0, 0.05) is 31.0 Å². The second kappa shape index (κ2) is 5.85. The second-order valence-electron chi connectivity index (χ2n) is 5.26. The summed E-state index contributed by atoms with van der Waals surface area (Å²) in [5.74, 6) is 0.864. The van der Waals surface area contributed by atoms with Gasteiger partial charge in [-0.3, -0.25) is 9.59 Å². The van der Waals surface area contributed by atoms with E-state index in [0.717, 1.165) is 5.39 Å². The molecule has 112 valence electrons. The van der Waals surface area contributed by atoms with Crippen LogP contribution in [0.4, 0.5) is 5.69 Å². The van der Waals surface area contributed by atoms with Gasteiger partial charge >= 0.3 is 0 Å². The molecule has 1 fully saturated rings. The van der Waals surface area contributed by atoms with Crippen LogP contribution in [0, 0.1) is 17.2 Å². The van der Waals surface area contributed by atoms with Crippen LogP contribution in [0.1, 0.15) is 19.1 Å². The number of carbonyl (C=O) groups is 2. The van der Waals surface area contributed by atoms with Crippen molar-refractivity contribution in [3.63, 3.8) is 0 Å². The van der Waals surface area contributed by atoms with E-state index < -0.39 is 0 Å². The first-order valence-electron chi connectivity index (χ1n) is 6.95. The van der Waals surface area contributed by atoms with Gasteiger partial charge in [-0.25, -0.2) is 0 Å². The maximum atomic E-state index is 12.3. The number of para-hydroxylation sites is 1. The summed E-state index contributed by atoms with van der Waals surface area (Å²) in [4.78, 5) is 25.0. The van der Waals surface area contributed by atoms with Crippen LogP contribution < -0.4 is 4.90 Å². The lowest BCUT2D eigenvalue weighted by Gasteiger charge is -2.15. The molecule has 0 aliphatic carbocycles. The maximum Gasteiger partial charge on any atom is 0.228 e. The van der Waals surface area contributed by atoms with Crippen molar-refractivity contribution in [1.29, 1.82) is 5.26 Å². The van der Waals surface area contributed by atoms with Gasteiger partial charge in [-0.1, -0.05) is 23.9 Å². The third-order valence-corrected chi connectivity index (χ3v) is 4.71. The number of anilines is 1. The summed E-state index contributed by atoms with van der Waals surface area (Å²) in [6, 6.07) is 9.34. The van der Waals surface area contributed by atoms with Crippen LogP contribution in [0.5, 0.6) is 0 Å². The molecule has 1 atom stereocenters. The molecule has 1 unspecified atom stereocenters. The first kappa shape index (κ1) is 14.7. The van der Waals surface area contributed by atoms with Crippen LogP contribution in [-0.4, -0.2) is 23.3 Å². The smallest absolute Gasteiger partial charge is 0.228 e. The zero-order valence-corrected chi connectivity index (χ0v) is 12.9. The van der Waals surface area contributed by atoms with E-state index in [1.165, 1.54) is 18.7 Å². The molecule has 3 rings (SSSR count). The Morgan fingerprint density at radius 1 is 1.50 bits per heavy atom. The molecule has 6 heteroatoms. The Bertz CT molecular complexity index is 790. The van der Waals surface area contributed by atoms with Crippen molar-refractivity contribution < 1.29 is 14.0 Å². The van der Waals surface area contributed by atoms with Crippen molar-refractivity contribution in [3.8, 4) is 6.07 Å². The highest BCUT2D eigenvalue weighted by molar-refractivity contribution is 8.13. The Morgan fingerprint density at radius 2 is 2.27 bits per heavy atom. The summed E-state index contributed by atoms with van der Waals surface area (Å²) >= 11 is 1.24. The van der Waals surface area contributed by atoms with Gasteiger partial charge in [0.15, 0.2) is 5.12 Å². The summed E-state index contributed by atoms with van der Waals surface area (Å²) in [5, 5.41) is 10.1. The Labute approximate surface area is 131 Å². The topological polar surface area (TPSA) is 74.3 Å². The molecule has 1 amide bonds. The van der Waals surface area contributed by atoms with Crippen LogP contribution in [0.25, 0.3) is 11.0 Å². The van der Waals surface area contributed by atoms with E-state index in [4.69, 9.17) is 4.42 Å². The standard InChI is InChI=1S/C16H14N2O3S/c1-10(19)22-9-11-6-15(20)18(8-11)16-12-4-2-3-5-13(12)21-14(16)7-17/h2-5,11H,6,8-9H2,1H3. The van der Waals surface area contributed by atoms with Crippen molar-refractivity contribution >= 4 is 39.4 Å². The average molecular weight is 314 g/mol. The normalized spacial score (nSPS) is 17.9. The van der Waals surface area contributed by atoms with Crippen molar-refractivity contribution in [2.24, 2.45) is 5.92 Å². The molecule has 2 heterocycles. The van der Waals surface area contributed by atoms with Crippen LogP contribution in [-0.2, 0) is 9.59 Å². The minimum Gasteiger partial charge on any atom is -0.443 e. The summed E-state index contributed by atoms with van der Waals surface area (Å²) in [6.07, 6.45) is 0.394. The quantitative estimate of drug-likeness (QED) is 0.870. The van der Waals surface area contributed by atoms with E-state index in [2.05, 4.69) is 0 Å². The van der Waals surface area contributed by atoms with Crippen molar-refractivity contribution in [2.45, 2.75) is 13.3 Å². The average Bonchev–Trinajstić information content (AvgIpc) is 3.04. The fourth-order valence-corrected chi connectivity index (χ4v) is 3.41. The van der Waals surface area contributed by atoms with E-state index in [-0.39, 0.29) is 22.7 Å². The molecule has 0 spiro atoms. The molecule has 2 aromatic rings. The van der Waals surface area contributed by atoms with Gasteiger partial charge in [-0.2, -0.15) is 5.26 Å². The third kappa shape index (κ3) is 2.60. The molecule has 5 nitrogen and oxygen atoms in total. The fourth-order valence-electron chi connectivity index (χ4n) is 2.72. The molecule has 0 N–H and O–H groups in total. The van der Waals surface area contributed by atoms with Crippen LogP contribution >= 0.6 is 11.8 Å². The number of rotatable bonds is 3. The Morgan fingerprint density at radius 3 is 3.00 bits per heavy atom. The molecular formula is C16H14N2O3S. The first-order chi connectivity index (χ1) is 10.6. The number of nitriles is 1. The highest BCUT2D eigenvalue weighted by Crippen LogP contribution is 2.37. The van der Waals surface area contributed by atoms with E-state index >= 15 is 0 Å². The van der Waals surface area contributed by atoms with Crippen LogP contribution in [0.2, 0.25) is 0 Å². The molecule has 1 aromatic heterocycles. The van der Waals surface area contributed by atoms with Crippen LogP contribution in [0.3, 0.4) is 0 Å². The van der Waals surface area contributed by atoms with Gasteiger partial charge in [0.05, 0.1) is 0 Å². The number of benzene rings is 1.